The summed E-state index contributed by atoms with van der Waals surface area (Å²) in [5, 5.41) is 2.62. The lowest BCUT2D eigenvalue weighted by Crippen LogP contribution is -2.46. The van der Waals surface area contributed by atoms with Crippen LogP contribution in [0.5, 0.6) is 0 Å². The predicted octanol–water partition coefficient (Wildman–Crippen LogP) is 3.05. The summed E-state index contributed by atoms with van der Waals surface area (Å²) in [6, 6.07) is 0. The van der Waals surface area contributed by atoms with E-state index in [0.717, 1.165) is 0 Å². The Kier molecular flexibility index (Phi) is 6.10. The van der Waals surface area contributed by atoms with Crippen LogP contribution in [0.25, 0.3) is 0 Å². The summed E-state index contributed by atoms with van der Waals surface area (Å²) in [4.78, 5) is 23.8. The molecule has 1 saturated carbocycles. The normalized spacial score (nSPS) is 24.5. The summed E-state index contributed by atoms with van der Waals surface area (Å²) in [6.07, 6.45) is 0.951. The van der Waals surface area contributed by atoms with E-state index >= 15 is 0 Å². The van der Waals surface area contributed by atoms with Crippen molar-refractivity contribution in [3.63, 3.8) is 0 Å². The first-order valence-corrected chi connectivity index (χ1v) is 7.67. The topological polar surface area (TPSA) is 55.4 Å². The molecule has 0 spiro atoms. The lowest BCUT2D eigenvalue weighted by atomic mass is 10.0. The minimum Gasteiger partial charge on any atom is -0.464 e. The second-order valence-electron chi connectivity index (χ2n) is 5.70. The van der Waals surface area contributed by atoms with Gasteiger partial charge < -0.3 is 10.1 Å². The number of nitrogens with one attached hydrogen (secondary N) is 1. The average Bonchev–Trinajstić information content (AvgIpc) is 3.02. The number of halogens is 2. The number of ether oxygens (including phenoxy) is 1. The molecule has 21 heavy (non-hydrogen) atoms. The van der Waals surface area contributed by atoms with E-state index in [2.05, 4.69) is 5.32 Å². The first-order valence-electron chi connectivity index (χ1n) is 7.67. The van der Waals surface area contributed by atoms with E-state index in [1.165, 1.54) is 0 Å². The molecule has 1 aliphatic carbocycles. The Balaban J connectivity index is 2.74. The molecule has 1 rings (SSSR count). The van der Waals surface area contributed by atoms with Gasteiger partial charge in [0.2, 0.25) is 11.8 Å². The van der Waals surface area contributed by atoms with Gasteiger partial charge in [0.05, 0.1) is 6.61 Å². The van der Waals surface area contributed by atoms with Gasteiger partial charge in [0.25, 0.3) is 0 Å². The Labute approximate surface area is 124 Å². The Bertz CT molecular complexity index is 387. The largest absolute Gasteiger partial charge is 0.464 e. The van der Waals surface area contributed by atoms with Crippen molar-refractivity contribution >= 4 is 11.9 Å². The van der Waals surface area contributed by atoms with E-state index < -0.39 is 23.3 Å². The van der Waals surface area contributed by atoms with Gasteiger partial charge in [-0.1, -0.05) is 20.3 Å². The molecular weight excluding hydrogens is 280 g/mol. The lowest BCUT2D eigenvalue weighted by molar-refractivity contribution is -0.149. The molecule has 0 heterocycles. The van der Waals surface area contributed by atoms with Crippen molar-refractivity contribution in [2.75, 3.05) is 6.61 Å². The SMILES string of the molecule is CCCC(=O)NC1(C(=O)OCC)CC1CC(F)(F)CCC. The van der Waals surface area contributed by atoms with Crippen LogP contribution in [0.4, 0.5) is 8.78 Å². The molecule has 4 nitrogen and oxygen atoms in total. The molecule has 2 atom stereocenters. The maximum Gasteiger partial charge on any atom is 0.332 e. The van der Waals surface area contributed by atoms with Crippen LogP contribution in [0.1, 0.15) is 59.3 Å². The van der Waals surface area contributed by atoms with Crippen LogP contribution in [-0.2, 0) is 14.3 Å². The molecule has 2 unspecified atom stereocenters. The van der Waals surface area contributed by atoms with Gasteiger partial charge in [0.15, 0.2) is 0 Å². The Hall–Kier alpha value is -1.20. The van der Waals surface area contributed by atoms with Crippen LogP contribution < -0.4 is 5.32 Å². The molecule has 1 N–H and O–H groups in total. The summed E-state index contributed by atoms with van der Waals surface area (Å²) >= 11 is 0. The number of carbonyl (C=O) groups excluding carboxylic acids is 2. The molecule has 0 aliphatic heterocycles. The Morgan fingerprint density at radius 3 is 2.48 bits per heavy atom. The van der Waals surface area contributed by atoms with Gasteiger partial charge in [-0.3, -0.25) is 4.79 Å². The first kappa shape index (κ1) is 17.9. The fraction of sp³-hybridized carbons (Fsp3) is 0.867. The van der Waals surface area contributed by atoms with Gasteiger partial charge in [0, 0.05) is 25.2 Å². The van der Waals surface area contributed by atoms with E-state index in [1.807, 2.05) is 6.92 Å². The zero-order valence-electron chi connectivity index (χ0n) is 13.0. The minimum absolute atomic E-state index is 0.169. The van der Waals surface area contributed by atoms with Crippen molar-refractivity contribution in [3.8, 4) is 0 Å². The zero-order valence-corrected chi connectivity index (χ0v) is 13.0. The maximum absolute atomic E-state index is 13.7. The molecular formula is C15H25F2NO3. The molecule has 0 aromatic rings. The Morgan fingerprint density at radius 2 is 1.95 bits per heavy atom. The first-order chi connectivity index (χ1) is 9.81. The number of rotatable bonds is 9. The van der Waals surface area contributed by atoms with E-state index in [1.54, 1.807) is 13.8 Å². The molecule has 0 aromatic heterocycles. The van der Waals surface area contributed by atoms with E-state index in [0.29, 0.717) is 12.8 Å². The molecule has 1 fully saturated rings. The number of carbonyl (C=O) groups is 2. The highest BCUT2D eigenvalue weighted by Gasteiger charge is 2.64. The van der Waals surface area contributed by atoms with Crippen LogP contribution >= 0.6 is 0 Å². The number of amides is 1. The fourth-order valence-corrected chi connectivity index (χ4v) is 2.66. The third-order valence-electron chi connectivity index (χ3n) is 3.75. The standard InChI is InChI=1S/C15H25F2NO3/c1-4-7-12(19)18-15(13(20)21-6-3)10-11(15)9-14(16,17)8-5-2/h11H,4-10H2,1-3H3,(H,18,19). The predicted molar refractivity (Wildman–Crippen MR) is 75.0 cm³/mol. The summed E-state index contributed by atoms with van der Waals surface area (Å²) < 4.78 is 32.4. The van der Waals surface area contributed by atoms with Crippen molar-refractivity contribution in [2.45, 2.75) is 70.8 Å². The van der Waals surface area contributed by atoms with Gasteiger partial charge >= 0.3 is 5.97 Å². The molecule has 1 aliphatic rings. The van der Waals surface area contributed by atoms with Crippen LogP contribution in [0.2, 0.25) is 0 Å². The summed E-state index contributed by atoms with van der Waals surface area (Å²) in [6.45, 7) is 5.36. The van der Waals surface area contributed by atoms with Crippen LogP contribution in [0, 0.1) is 5.92 Å². The smallest absolute Gasteiger partial charge is 0.332 e. The number of alkyl halides is 2. The maximum atomic E-state index is 13.7. The molecule has 0 aromatic carbocycles. The fourth-order valence-electron chi connectivity index (χ4n) is 2.66. The van der Waals surface area contributed by atoms with E-state index in [9.17, 15) is 18.4 Å². The molecule has 122 valence electrons. The van der Waals surface area contributed by atoms with Crippen LogP contribution in [-0.4, -0.2) is 29.9 Å². The van der Waals surface area contributed by atoms with Crippen molar-refractivity contribution in [3.05, 3.63) is 0 Å². The van der Waals surface area contributed by atoms with E-state index in [-0.39, 0.29) is 38.2 Å². The average molecular weight is 305 g/mol. The van der Waals surface area contributed by atoms with Gasteiger partial charge in [-0.25, -0.2) is 13.6 Å². The monoisotopic (exact) mass is 305 g/mol. The van der Waals surface area contributed by atoms with Crippen molar-refractivity contribution in [2.24, 2.45) is 5.92 Å². The third kappa shape index (κ3) is 4.64. The molecule has 1 amide bonds. The highest BCUT2D eigenvalue weighted by molar-refractivity contribution is 5.91. The molecule has 0 bridgehead atoms. The van der Waals surface area contributed by atoms with Gasteiger partial charge in [-0.15, -0.1) is 0 Å². The molecule has 6 heteroatoms. The highest BCUT2D eigenvalue weighted by Crippen LogP contribution is 2.51. The summed E-state index contributed by atoms with van der Waals surface area (Å²) in [5.41, 5.74) is -1.24. The number of esters is 1. The molecule has 0 saturated heterocycles. The minimum atomic E-state index is -2.80. The second-order valence-corrected chi connectivity index (χ2v) is 5.70. The number of hydrogen-bond acceptors (Lipinski definition) is 3. The van der Waals surface area contributed by atoms with Crippen molar-refractivity contribution in [1.82, 2.24) is 5.32 Å². The second kappa shape index (κ2) is 7.18. The van der Waals surface area contributed by atoms with Gasteiger partial charge in [-0.05, 0) is 19.8 Å². The van der Waals surface area contributed by atoms with Crippen LogP contribution in [0.15, 0.2) is 0 Å². The summed E-state index contributed by atoms with van der Waals surface area (Å²) in [5.74, 6) is -4.22. The van der Waals surface area contributed by atoms with Crippen molar-refractivity contribution < 1.29 is 23.1 Å². The quantitative estimate of drug-likeness (QED) is 0.666. The molecule has 0 radical (unpaired) electrons. The van der Waals surface area contributed by atoms with E-state index in [4.69, 9.17) is 4.74 Å². The van der Waals surface area contributed by atoms with Gasteiger partial charge in [-0.2, -0.15) is 0 Å². The Morgan fingerprint density at radius 1 is 1.29 bits per heavy atom. The lowest BCUT2D eigenvalue weighted by Gasteiger charge is -2.20. The van der Waals surface area contributed by atoms with Crippen molar-refractivity contribution in [1.29, 1.82) is 0 Å². The third-order valence-corrected chi connectivity index (χ3v) is 3.75. The highest BCUT2D eigenvalue weighted by atomic mass is 19.3. The van der Waals surface area contributed by atoms with Gasteiger partial charge in [0.1, 0.15) is 5.54 Å². The summed E-state index contributed by atoms with van der Waals surface area (Å²) in [7, 11) is 0. The zero-order chi connectivity index (χ0) is 16.1. The number of hydrogen-bond donors (Lipinski definition) is 1. The van der Waals surface area contributed by atoms with Crippen LogP contribution in [0.3, 0.4) is 0 Å².